The Morgan fingerprint density at radius 1 is 0.810 bits per heavy atom. The molecule has 0 aromatic carbocycles. The van der Waals surface area contributed by atoms with Gasteiger partial charge in [0.15, 0.2) is 11.6 Å². The predicted octanol–water partition coefficient (Wildman–Crippen LogP) is 1.19. The van der Waals surface area contributed by atoms with Crippen molar-refractivity contribution in [2.24, 2.45) is 0 Å². The van der Waals surface area contributed by atoms with Crippen LogP contribution in [0.15, 0.2) is 6.33 Å². The zero-order valence-corrected chi connectivity index (χ0v) is 13.0. The van der Waals surface area contributed by atoms with E-state index in [9.17, 15) is 0 Å². The fourth-order valence-electron chi connectivity index (χ4n) is 3.18. The molecule has 2 saturated heterocycles. The lowest BCUT2D eigenvalue weighted by molar-refractivity contribution is 0.312. The molecule has 0 amide bonds. The molecule has 0 atom stereocenters. The summed E-state index contributed by atoms with van der Waals surface area (Å²) in [5.74, 6) is 1.85. The predicted molar refractivity (Wildman–Crippen MR) is 86.8 cm³/mol. The minimum Gasteiger partial charge on any atom is -0.393 e. The molecule has 3 heterocycles. The molecule has 0 radical (unpaired) electrons. The van der Waals surface area contributed by atoms with Gasteiger partial charge in [0, 0.05) is 39.3 Å². The minimum atomic E-state index is 0.754. The molecule has 6 heteroatoms. The molecule has 6 nitrogen and oxygen atoms in total. The molecular formula is C15H26N6. The third-order valence-electron chi connectivity index (χ3n) is 4.55. The van der Waals surface area contributed by atoms with E-state index in [-0.39, 0.29) is 0 Å². The molecule has 0 saturated carbocycles. The average molecular weight is 290 g/mol. The van der Waals surface area contributed by atoms with Gasteiger partial charge in [-0.3, -0.25) is 0 Å². The number of nitrogen functional groups attached to an aromatic ring is 1. The molecule has 0 spiro atoms. The molecule has 2 N–H and O–H groups in total. The quantitative estimate of drug-likeness (QED) is 0.883. The van der Waals surface area contributed by atoms with Gasteiger partial charge in [-0.1, -0.05) is 12.8 Å². The molecule has 3 rings (SSSR count). The Kier molecular flexibility index (Phi) is 4.43. The van der Waals surface area contributed by atoms with E-state index in [1.165, 1.54) is 25.7 Å². The van der Waals surface area contributed by atoms with Gasteiger partial charge in [-0.05, 0) is 19.9 Å². The van der Waals surface area contributed by atoms with Crippen LogP contribution in [0.25, 0.3) is 0 Å². The highest BCUT2D eigenvalue weighted by Gasteiger charge is 2.22. The van der Waals surface area contributed by atoms with E-state index in [0.717, 1.165) is 56.6 Å². The van der Waals surface area contributed by atoms with Crippen LogP contribution in [0.5, 0.6) is 0 Å². The molecule has 0 unspecified atom stereocenters. The van der Waals surface area contributed by atoms with Gasteiger partial charge in [0.2, 0.25) is 0 Å². The van der Waals surface area contributed by atoms with E-state index >= 15 is 0 Å². The van der Waals surface area contributed by atoms with Gasteiger partial charge >= 0.3 is 0 Å². The lowest BCUT2D eigenvalue weighted by atomic mass is 10.2. The Morgan fingerprint density at radius 3 is 1.90 bits per heavy atom. The smallest absolute Gasteiger partial charge is 0.157 e. The molecule has 2 aliphatic rings. The molecular weight excluding hydrogens is 264 g/mol. The summed E-state index contributed by atoms with van der Waals surface area (Å²) in [5, 5.41) is 0. The van der Waals surface area contributed by atoms with Gasteiger partial charge < -0.3 is 20.4 Å². The van der Waals surface area contributed by atoms with Crippen molar-refractivity contribution in [2.45, 2.75) is 25.7 Å². The van der Waals surface area contributed by atoms with Gasteiger partial charge in [-0.25, -0.2) is 9.97 Å². The van der Waals surface area contributed by atoms with Crippen molar-refractivity contribution in [1.29, 1.82) is 0 Å². The largest absolute Gasteiger partial charge is 0.393 e. The van der Waals surface area contributed by atoms with Crippen LogP contribution >= 0.6 is 0 Å². The highest BCUT2D eigenvalue weighted by Crippen LogP contribution is 2.30. The summed E-state index contributed by atoms with van der Waals surface area (Å²) >= 11 is 0. The van der Waals surface area contributed by atoms with E-state index in [0.29, 0.717) is 0 Å². The van der Waals surface area contributed by atoms with Crippen molar-refractivity contribution < 1.29 is 0 Å². The highest BCUT2D eigenvalue weighted by atomic mass is 15.3. The zero-order valence-electron chi connectivity index (χ0n) is 13.0. The van der Waals surface area contributed by atoms with Crippen molar-refractivity contribution in [2.75, 3.05) is 61.8 Å². The second kappa shape index (κ2) is 6.47. The number of hydrogen-bond acceptors (Lipinski definition) is 6. The molecule has 1 aromatic heterocycles. The number of hydrogen-bond donors (Lipinski definition) is 1. The molecule has 2 fully saturated rings. The summed E-state index contributed by atoms with van der Waals surface area (Å²) in [6, 6.07) is 0. The Hall–Kier alpha value is -1.56. The normalized spacial score (nSPS) is 21.4. The van der Waals surface area contributed by atoms with Crippen LogP contribution in [-0.2, 0) is 0 Å². The third-order valence-corrected chi connectivity index (χ3v) is 4.55. The van der Waals surface area contributed by atoms with Gasteiger partial charge in [-0.2, -0.15) is 0 Å². The number of rotatable bonds is 2. The number of anilines is 3. The van der Waals surface area contributed by atoms with Gasteiger partial charge in [0.05, 0.1) is 0 Å². The Balaban J connectivity index is 1.81. The third kappa shape index (κ3) is 3.20. The molecule has 0 aliphatic carbocycles. The van der Waals surface area contributed by atoms with Gasteiger partial charge in [0.25, 0.3) is 0 Å². The van der Waals surface area contributed by atoms with Crippen molar-refractivity contribution >= 4 is 17.3 Å². The van der Waals surface area contributed by atoms with E-state index in [1.807, 2.05) is 0 Å². The van der Waals surface area contributed by atoms with Crippen molar-refractivity contribution in [3.63, 3.8) is 0 Å². The number of likely N-dealkylation sites (N-methyl/N-ethyl adjacent to an activating group) is 1. The second-order valence-corrected chi connectivity index (χ2v) is 6.13. The molecule has 116 valence electrons. The van der Waals surface area contributed by atoms with E-state index < -0.39 is 0 Å². The van der Waals surface area contributed by atoms with Crippen LogP contribution in [0.4, 0.5) is 17.3 Å². The maximum Gasteiger partial charge on any atom is 0.157 e. The number of piperazine rings is 1. The Labute approximate surface area is 126 Å². The SMILES string of the molecule is CN1CCN(c2ncnc(N3CCCCCC3)c2N)CC1. The Bertz CT molecular complexity index is 461. The van der Waals surface area contributed by atoms with Crippen LogP contribution in [0.3, 0.4) is 0 Å². The highest BCUT2D eigenvalue weighted by molar-refractivity contribution is 5.75. The Morgan fingerprint density at radius 2 is 1.33 bits per heavy atom. The fourth-order valence-corrected chi connectivity index (χ4v) is 3.18. The van der Waals surface area contributed by atoms with Gasteiger partial charge in [-0.15, -0.1) is 0 Å². The summed E-state index contributed by atoms with van der Waals surface area (Å²) in [7, 11) is 2.16. The standard InChI is InChI=1S/C15H26N6/c1-19-8-10-21(11-9-19)15-13(16)14(17-12-18-15)20-6-4-2-3-5-7-20/h12H,2-11,16H2,1H3. The lowest BCUT2D eigenvalue weighted by Gasteiger charge is -2.34. The topological polar surface area (TPSA) is 61.5 Å². The van der Waals surface area contributed by atoms with Crippen LogP contribution in [-0.4, -0.2) is 61.2 Å². The first-order valence-electron chi connectivity index (χ1n) is 8.04. The maximum absolute atomic E-state index is 6.41. The van der Waals surface area contributed by atoms with Crippen LogP contribution in [0.1, 0.15) is 25.7 Å². The van der Waals surface area contributed by atoms with Crippen molar-refractivity contribution in [3.8, 4) is 0 Å². The minimum absolute atomic E-state index is 0.754. The van der Waals surface area contributed by atoms with Crippen LogP contribution < -0.4 is 15.5 Å². The molecule has 21 heavy (non-hydrogen) atoms. The molecule has 2 aliphatic heterocycles. The van der Waals surface area contributed by atoms with E-state index in [4.69, 9.17) is 5.73 Å². The van der Waals surface area contributed by atoms with Crippen molar-refractivity contribution in [1.82, 2.24) is 14.9 Å². The first-order valence-corrected chi connectivity index (χ1v) is 8.04. The van der Waals surface area contributed by atoms with Crippen LogP contribution in [0.2, 0.25) is 0 Å². The average Bonchev–Trinajstić information content (AvgIpc) is 2.78. The summed E-state index contributed by atoms with van der Waals surface area (Å²) in [6.45, 7) is 6.20. The first-order chi connectivity index (χ1) is 10.3. The maximum atomic E-state index is 6.41. The number of nitrogens with zero attached hydrogens (tertiary/aromatic N) is 5. The molecule has 1 aromatic rings. The monoisotopic (exact) mass is 290 g/mol. The lowest BCUT2D eigenvalue weighted by Crippen LogP contribution is -2.45. The van der Waals surface area contributed by atoms with Gasteiger partial charge in [0.1, 0.15) is 12.0 Å². The first kappa shape index (κ1) is 14.4. The summed E-state index contributed by atoms with van der Waals surface area (Å²) < 4.78 is 0. The summed E-state index contributed by atoms with van der Waals surface area (Å²) in [4.78, 5) is 15.9. The number of nitrogens with two attached hydrogens (primary N) is 1. The van der Waals surface area contributed by atoms with Crippen LogP contribution in [0, 0.1) is 0 Å². The van der Waals surface area contributed by atoms with E-state index in [1.54, 1.807) is 6.33 Å². The summed E-state index contributed by atoms with van der Waals surface area (Å²) in [5.41, 5.74) is 7.16. The fraction of sp³-hybridized carbons (Fsp3) is 0.733. The summed E-state index contributed by atoms with van der Waals surface area (Å²) in [6.07, 6.45) is 6.75. The zero-order chi connectivity index (χ0) is 14.7. The van der Waals surface area contributed by atoms with Crippen molar-refractivity contribution in [3.05, 3.63) is 6.33 Å². The molecule has 0 bridgehead atoms. The second-order valence-electron chi connectivity index (χ2n) is 6.13. The number of aromatic nitrogens is 2. The van der Waals surface area contributed by atoms with E-state index in [2.05, 4.69) is 31.7 Å².